The summed E-state index contributed by atoms with van der Waals surface area (Å²) in [7, 11) is 0. The van der Waals surface area contributed by atoms with E-state index in [0.29, 0.717) is 18.1 Å². The van der Waals surface area contributed by atoms with Crippen molar-refractivity contribution in [1.29, 1.82) is 0 Å². The van der Waals surface area contributed by atoms with E-state index in [1.807, 2.05) is 17.0 Å². The van der Waals surface area contributed by atoms with Crippen molar-refractivity contribution in [3.05, 3.63) is 64.8 Å². The van der Waals surface area contributed by atoms with Gasteiger partial charge < -0.3 is 15.5 Å². The van der Waals surface area contributed by atoms with Crippen molar-refractivity contribution >= 4 is 40.1 Å². The van der Waals surface area contributed by atoms with Crippen LogP contribution in [0.3, 0.4) is 0 Å². The summed E-state index contributed by atoms with van der Waals surface area (Å²) in [6, 6.07) is 12.4. The van der Waals surface area contributed by atoms with Gasteiger partial charge in [-0.25, -0.2) is 4.98 Å². The molecular formula is C24H25N7O. The Morgan fingerprint density at radius 2 is 1.91 bits per heavy atom. The van der Waals surface area contributed by atoms with Crippen molar-refractivity contribution in [2.24, 2.45) is 0 Å². The minimum absolute atomic E-state index is 0.103. The Kier molecular flexibility index (Phi) is 4.97. The lowest BCUT2D eigenvalue weighted by molar-refractivity contribution is -0.129. The van der Waals surface area contributed by atoms with Gasteiger partial charge in [0.15, 0.2) is 5.65 Å². The van der Waals surface area contributed by atoms with Crippen LogP contribution in [0.15, 0.2) is 42.6 Å². The van der Waals surface area contributed by atoms with Gasteiger partial charge in [-0.3, -0.25) is 9.89 Å². The summed E-state index contributed by atoms with van der Waals surface area (Å²) in [5.41, 5.74) is 7.26. The van der Waals surface area contributed by atoms with Gasteiger partial charge in [0, 0.05) is 37.6 Å². The fourth-order valence-corrected chi connectivity index (χ4v) is 4.13. The van der Waals surface area contributed by atoms with Crippen LogP contribution < -0.4 is 10.6 Å². The van der Waals surface area contributed by atoms with Crippen LogP contribution in [0.5, 0.6) is 0 Å². The number of aryl methyl sites for hydroxylation is 2. The molecule has 3 N–H and O–H groups in total. The summed E-state index contributed by atoms with van der Waals surface area (Å²) >= 11 is 0. The number of hydrogen-bond donors (Lipinski definition) is 3. The number of carbonyl (C=O) groups excluding carboxylic acids is 1. The number of hydrogen-bond acceptors (Lipinski definition) is 6. The highest BCUT2D eigenvalue weighted by Gasteiger charge is 2.18. The third-order valence-electron chi connectivity index (χ3n) is 5.96. The predicted octanol–water partition coefficient (Wildman–Crippen LogP) is 4.36. The number of para-hydroxylation sites is 1. The first-order chi connectivity index (χ1) is 15.5. The largest absolute Gasteiger partial charge is 0.340 e. The second-order valence-electron chi connectivity index (χ2n) is 8.22. The molecule has 0 aliphatic carbocycles. The number of rotatable bonds is 4. The van der Waals surface area contributed by atoms with Crippen molar-refractivity contribution in [1.82, 2.24) is 25.1 Å². The number of H-pyrrole nitrogens is 1. The van der Waals surface area contributed by atoms with Crippen LogP contribution in [0.1, 0.15) is 29.2 Å². The van der Waals surface area contributed by atoms with Crippen molar-refractivity contribution in [3.63, 3.8) is 0 Å². The van der Waals surface area contributed by atoms with Gasteiger partial charge in [-0.05, 0) is 54.7 Å². The number of aromatic amines is 1. The SMILES string of the molecule is CC(=O)N1CCc2ccc(Nc3ncc4c(Nc5c(C)cccc5C)[nH]nc4n3)cc2C1. The van der Waals surface area contributed by atoms with Crippen molar-refractivity contribution < 1.29 is 4.79 Å². The highest BCUT2D eigenvalue weighted by molar-refractivity contribution is 5.89. The molecule has 0 spiro atoms. The number of anilines is 4. The summed E-state index contributed by atoms with van der Waals surface area (Å²) in [5.74, 6) is 1.34. The third-order valence-corrected chi connectivity index (χ3v) is 5.96. The number of nitrogens with zero attached hydrogens (tertiary/aromatic N) is 4. The maximum atomic E-state index is 11.7. The van der Waals surface area contributed by atoms with E-state index in [1.54, 1.807) is 13.1 Å². The van der Waals surface area contributed by atoms with Gasteiger partial charge in [0.25, 0.3) is 0 Å². The zero-order valence-corrected chi connectivity index (χ0v) is 18.4. The van der Waals surface area contributed by atoms with E-state index in [4.69, 9.17) is 0 Å². The van der Waals surface area contributed by atoms with E-state index in [0.717, 1.165) is 52.2 Å². The summed E-state index contributed by atoms with van der Waals surface area (Å²) in [4.78, 5) is 22.7. The molecule has 0 bridgehead atoms. The van der Waals surface area contributed by atoms with Crippen LogP contribution in [0.4, 0.5) is 23.1 Å². The van der Waals surface area contributed by atoms with Crippen LogP contribution in [0, 0.1) is 13.8 Å². The molecule has 2 aromatic carbocycles. The van der Waals surface area contributed by atoms with E-state index in [1.165, 1.54) is 5.56 Å². The molecule has 32 heavy (non-hydrogen) atoms. The lowest BCUT2D eigenvalue weighted by Crippen LogP contribution is -2.34. The molecule has 162 valence electrons. The maximum absolute atomic E-state index is 11.7. The number of fused-ring (bicyclic) bond motifs is 2. The van der Waals surface area contributed by atoms with Gasteiger partial charge in [0.1, 0.15) is 5.82 Å². The molecule has 0 saturated carbocycles. The summed E-state index contributed by atoms with van der Waals surface area (Å²) < 4.78 is 0. The first kappa shape index (κ1) is 20.0. The van der Waals surface area contributed by atoms with E-state index in [2.05, 4.69) is 68.9 Å². The van der Waals surface area contributed by atoms with E-state index < -0.39 is 0 Å². The van der Waals surface area contributed by atoms with Gasteiger partial charge in [0.2, 0.25) is 11.9 Å². The number of amides is 1. The molecule has 5 rings (SSSR count). The Morgan fingerprint density at radius 3 is 2.69 bits per heavy atom. The van der Waals surface area contributed by atoms with Crippen LogP contribution in [-0.4, -0.2) is 37.5 Å². The maximum Gasteiger partial charge on any atom is 0.229 e. The van der Waals surface area contributed by atoms with Gasteiger partial charge in [0.05, 0.1) is 5.39 Å². The van der Waals surface area contributed by atoms with E-state index >= 15 is 0 Å². The topological polar surface area (TPSA) is 98.8 Å². The highest BCUT2D eigenvalue weighted by atomic mass is 16.2. The lowest BCUT2D eigenvalue weighted by Gasteiger charge is -2.28. The van der Waals surface area contributed by atoms with Gasteiger partial charge in [-0.15, -0.1) is 0 Å². The minimum Gasteiger partial charge on any atom is -0.340 e. The van der Waals surface area contributed by atoms with E-state index in [9.17, 15) is 4.79 Å². The molecule has 8 nitrogen and oxygen atoms in total. The molecule has 3 heterocycles. The molecule has 0 fully saturated rings. The Labute approximate surface area is 186 Å². The Balaban J connectivity index is 1.38. The zero-order chi connectivity index (χ0) is 22.2. The Hall–Kier alpha value is -3.94. The molecule has 0 unspecified atom stereocenters. The lowest BCUT2D eigenvalue weighted by atomic mass is 9.99. The third kappa shape index (κ3) is 3.75. The number of nitrogens with one attached hydrogen (secondary N) is 3. The van der Waals surface area contributed by atoms with Crippen LogP contribution in [0.25, 0.3) is 11.0 Å². The number of carbonyl (C=O) groups is 1. The second-order valence-corrected chi connectivity index (χ2v) is 8.22. The fraction of sp³-hybridized carbons (Fsp3) is 0.250. The van der Waals surface area contributed by atoms with Crippen molar-refractivity contribution in [3.8, 4) is 0 Å². The molecule has 0 radical (unpaired) electrons. The summed E-state index contributed by atoms with van der Waals surface area (Å²) in [6.07, 6.45) is 2.64. The molecule has 1 amide bonds. The minimum atomic E-state index is 0.103. The van der Waals surface area contributed by atoms with Crippen LogP contribution in [-0.2, 0) is 17.8 Å². The summed E-state index contributed by atoms with van der Waals surface area (Å²) in [6.45, 7) is 7.16. The molecule has 1 aliphatic rings. The molecule has 2 aromatic heterocycles. The van der Waals surface area contributed by atoms with Crippen molar-refractivity contribution in [2.75, 3.05) is 17.2 Å². The van der Waals surface area contributed by atoms with Gasteiger partial charge in [-0.1, -0.05) is 24.3 Å². The number of benzene rings is 2. The molecule has 0 saturated heterocycles. The standard InChI is InChI=1S/C24H25N7O/c1-14-5-4-6-15(2)21(14)27-22-20-12-25-24(28-23(20)30-29-22)26-19-8-7-17-9-10-31(16(3)32)13-18(17)11-19/h4-8,11-12H,9-10,13H2,1-3H3,(H3,25,26,27,28,29,30). The molecular weight excluding hydrogens is 402 g/mol. The van der Waals surface area contributed by atoms with Crippen molar-refractivity contribution in [2.45, 2.75) is 33.7 Å². The van der Waals surface area contributed by atoms with E-state index in [-0.39, 0.29) is 5.91 Å². The monoisotopic (exact) mass is 427 g/mol. The first-order valence-electron chi connectivity index (χ1n) is 10.7. The number of aromatic nitrogens is 4. The predicted molar refractivity (Wildman–Crippen MR) is 125 cm³/mol. The quantitative estimate of drug-likeness (QED) is 0.448. The summed E-state index contributed by atoms with van der Waals surface area (Å²) in [5, 5.41) is 14.9. The normalized spacial score (nSPS) is 13.2. The Bertz CT molecular complexity index is 1310. The van der Waals surface area contributed by atoms with Gasteiger partial charge in [-0.2, -0.15) is 10.1 Å². The molecule has 8 heteroatoms. The molecule has 1 aliphatic heterocycles. The van der Waals surface area contributed by atoms with Crippen LogP contribution >= 0.6 is 0 Å². The first-order valence-corrected chi connectivity index (χ1v) is 10.7. The Morgan fingerprint density at radius 1 is 1.09 bits per heavy atom. The fourth-order valence-electron chi connectivity index (χ4n) is 4.13. The zero-order valence-electron chi connectivity index (χ0n) is 18.4. The van der Waals surface area contributed by atoms with Crippen LogP contribution in [0.2, 0.25) is 0 Å². The smallest absolute Gasteiger partial charge is 0.229 e. The average molecular weight is 428 g/mol. The molecule has 0 atom stereocenters. The molecule has 4 aromatic rings. The van der Waals surface area contributed by atoms with Gasteiger partial charge >= 0.3 is 0 Å². The average Bonchev–Trinajstić information content (AvgIpc) is 3.18. The second kappa shape index (κ2) is 7.96. The highest BCUT2D eigenvalue weighted by Crippen LogP contribution is 2.28.